The van der Waals surface area contributed by atoms with E-state index in [4.69, 9.17) is 0 Å². The van der Waals surface area contributed by atoms with Crippen LogP contribution in [0.3, 0.4) is 0 Å². The Bertz CT molecular complexity index is 660. The molecule has 1 N–H and O–H groups in total. The fraction of sp³-hybridized carbons (Fsp3) is 0.562. The van der Waals surface area contributed by atoms with E-state index in [1.54, 1.807) is 7.05 Å². The molecule has 1 heterocycles. The summed E-state index contributed by atoms with van der Waals surface area (Å²) in [5.41, 5.74) is 4.10. The highest BCUT2D eigenvalue weighted by atomic mass is 32.2. The summed E-state index contributed by atoms with van der Waals surface area (Å²) in [5, 5.41) is 2.95. The topological polar surface area (TPSA) is 66.5 Å². The van der Waals surface area contributed by atoms with Gasteiger partial charge in [-0.15, -0.1) is 0 Å². The van der Waals surface area contributed by atoms with Gasteiger partial charge in [0.05, 0.1) is 18.1 Å². The van der Waals surface area contributed by atoms with Gasteiger partial charge in [0.1, 0.15) is 0 Å². The first kappa shape index (κ1) is 17.0. The number of hydrogen-bond donors (Lipinski definition) is 1. The summed E-state index contributed by atoms with van der Waals surface area (Å²) in [7, 11) is -1.12. The minimum atomic E-state index is -2.93. The maximum atomic E-state index is 12.2. The Morgan fingerprint density at radius 1 is 1.27 bits per heavy atom. The Balaban J connectivity index is 1.99. The van der Waals surface area contributed by atoms with Gasteiger partial charge in [0, 0.05) is 11.7 Å². The fourth-order valence-electron chi connectivity index (χ4n) is 3.03. The number of nitrogens with one attached hydrogen (secondary N) is 1. The normalized spacial score (nSPS) is 20.3. The van der Waals surface area contributed by atoms with Crippen LogP contribution in [-0.4, -0.2) is 50.4 Å². The maximum absolute atomic E-state index is 12.2. The third-order valence-corrected chi connectivity index (χ3v) is 5.92. The van der Waals surface area contributed by atoms with Crippen LogP contribution < -0.4 is 5.32 Å². The molecule has 0 saturated carbocycles. The number of anilines is 1. The molecule has 1 unspecified atom stereocenters. The zero-order valence-corrected chi connectivity index (χ0v) is 14.5. The molecule has 0 aliphatic carbocycles. The van der Waals surface area contributed by atoms with Crippen molar-refractivity contribution < 1.29 is 13.2 Å². The quantitative estimate of drug-likeness (QED) is 0.915. The molecule has 1 aliphatic rings. The van der Waals surface area contributed by atoms with E-state index in [0.29, 0.717) is 6.42 Å². The number of benzene rings is 1. The first-order valence-corrected chi connectivity index (χ1v) is 9.28. The van der Waals surface area contributed by atoms with E-state index in [9.17, 15) is 13.2 Å². The standard InChI is InChI=1S/C16H24N2O3S/c1-11-7-12(2)16(13(3)8-11)17-15(19)9-18(4)14-5-6-22(20,21)10-14/h7-8,14H,5-6,9-10H2,1-4H3,(H,17,19). The molecule has 1 atom stereocenters. The monoisotopic (exact) mass is 324 g/mol. The number of aryl methyl sites for hydroxylation is 3. The first-order chi connectivity index (χ1) is 10.2. The van der Waals surface area contributed by atoms with Gasteiger partial charge < -0.3 is 5.32 Å². The van der Waals surface area contributed by atoms with Gasteiger partial charge in [0.2, 0.25) is 5.91 Å². The zero-order valence-electron chi connectivity index (χ0n) is 13.6. The van der Waals surface area contributed by atoms with Crippen LogP contribution in [0.1, 0.15) is 23.1 Å². The first-order valence-electron chi connectivity index (χ1n) is 7.46. The van der Waals surface area contributed by atoms with Crippen molar-refractivity contribution in [2.24, 2.45) is 0 Å². The van der Waals surface area contributed by atoms with Gasteiger partial charge in [-0.25, -0.2) is 8.42 Å². The summed E-state index contributed by atoms with van der Waals surface area (Å²) in [4.78, 5) is 14.1. The molecule has 5 nitrogen and oxygen atoms in total. The highest BCUT2D eigenvalue weighted by Crippen LogP contribution is 2.22. The van der Waals surface area contributed by atoms with Gasteiger partial charge in [-0.3, -0.25) is 9.69 Å². The SMILES string of the molecule is Cc1cc(C)c(NC(=O)CN(C)C2CCS(=O)(=O)C2)c(C)c1. The molecule has 2 rings (SSSR count). The third kappa shape index (κ3) is 4.08. The van der Waals surface area contributed by atoms with E-state index in [2.05, 4.69) is 5.32 Å². The Kier molecular flexibility index (Phi) is 4.92. The Hall–Kier alpha value is -1.40. The second-order valence-electron chi connectivity index (χ2n) is 6.29. The summed E-state index contributed by atoms with van der Waals surface area (Å²) >= 11 is 0. The van der Waals surface area contributed by atoms with E-state index >= 15 is 0 Å². The number of rotatable bonds is 4. The van der Waals surface area contributed by atoms with Crippen LogP contribution in [0.4, 0.5) is 5.69 Å². The average Bonchev–Trinajstić information content (AvgIpc) is 2.74. The molecule has 1 saturated heterocycles. The molecule has 0 aromatic heterocycles. The fourth-order valence-corrected chi connectivity index (χ4v) is 4.84. The van der Waals surface area contributed by atoms with E-state index in [-0.39, 0.29) is 30.0 Å². The molecule has 22 heavy (non-hydrogen) atoms. The van der Waals surface area contributed by atoms with Crippen molar-refractivity contribution >= 4 is 21.4 Å². The molecule has 0 bridgehead atoms. The molecule has 1 aromatic rings. The highest BCUT2D eigenvalue weighted by Gasteiger charge is 2.31. The van der Waals surface area contributed by atoms with Crippen LogP contribution >= 0.6 is 0 Å². The lowest BCUT2D eigenvalue weighted by molar-refractivity contribution is -0.117. The maximum Gasteiger partial charge on any atom is 0.238 e. The molecule has 1 fully saturated rings. The average molecular weight is 324 g/mol. The van der Waals surface area contributed by atoms with Crippen molar-refractivity contribution in [3.05, 3.63) is 28.8 Å². The Morgan fingerprint density at radius 2 is 1.86 bits per heavy atom. The van der Waals surface area contributed by atoms with Gasteiger partial charge >= 0.3 is 0 Å². The van der Waals surface area contributed by atoms with Crippen molar-refractivity contribution in [2.45, 2.75) is 33.2 Å². The second-order valence-corrected chi connectivity index (χ2v) is 8.52. The summed E-state index contributed by atoms with van der Waals surface area (Å²) < 4.78 is 23.0. The van der Waals surface area contributed by atoms with Gasteiger partial charge in [0.25, 0.3) is 0 Å². The largest absolute Gasteiger partial charge is 0.324 e. The van der Waals surface area contributed by atoms with E-state index in [1.165, 1.54) is 5.56 Å². The van der Waals surface area contributed by atoms with Crippen LogP contribution in [0.25, 0.3) is 0 Å². The smallest absolute Gasteiger partial charge is 0.238 e. The molecule has 1 aromatic carbocycles. The minimum Gasteiger partial charge on any atom is -0.324 e. The number of carbonyl (C=O) groups is 1. The number of carbonyl (C=O) groups excluding carboxylic acids is 1. The lowest BCUT2D eigenvalue weighted by atomic mass is 10.1. The van der Waals surface area contributed by atoms with Crippen LogP contribution in [0, 0.1) is 20.8 Å². The summed E-state index contributed by atoms with van der Waals surface area (Å²) in [6.07, 6.45) is 0.606. The lowest BCUT2D eigenvalue weighted by Gasteiger charge is -2.23. The predicted molar refractivity (Wildman–Crippen MR) is 89.0 cm³/mol. The van der Waals surface area contributed by atoms with Gasteiger partial charge in [-0.05, 0) is 45.4 Å². The lowest BCUT2D eigenvalue weighted by Crippen LogP contribution is -2.38. The molecule has 6 heteroatoms. The second kappa shape index (κ2) is 6.38. The number of sulfone groups is 1. The molecule has 1 amide bonds. The van der Waals surface area contributed by atoms with Crippen LogP contribution in [0.5, 0.6) is 0 Å². The van der Waals surface area contributed by atoms with Gasteiger partial charge in [-0.1, -0.05) is 17.7 Å². The van der Waals surface area contributed by atoms with Gasteiger partial charge in [0.15, 0.2) is 9.84 Å². The third-order valence-electron chi connectivity index (χ3n) is 4.17. The Labute approximate surface area is 132 Å². The minimum absolute atomic E-state index is 0.0593. The van der Waals surface area contributed by atoms with Crippen molar-refractivity contribution in [3.63, 3.8) is 0 Å². The molecule has 122 valence electrons. The Morgan fingerprint density at radius 3 is 2.36 bits per heavy atom. The number of amides is 1. The molecular formula is C16H24N2O3S. The van der Waals surface area contributed by atoms with Crippen molar-refractivity contribution in [1.29, 1.82) is 0 Å². The van der Waals surface area contributed by atoms with Crippen LogP contribution in [-0.2, 0) is 14.6 Å². The van der Waals surface area contributed by atoms with Crippen molar-refractivity contribution in [2.75, 3.05) is 30.4 Å². The van der Waals surface area contributed by atoms with Gasteiger partial charge in [-0.2, -0.15) is 0 Å². The number of likely N-dealkylation sites (N-methyl/N-ethyl adjacent to an activating group) is 1. The summed E-state index contributed by atoms with van der Waals surface area (Å²) in [5.74, 6) is 0.265. The molecule has 1 aliphatic heterocycles. The zero-order chi connectivity index (χ0) is 16.5. The molecular weight excluding hydrogens is 300 g/mol. The number of nitrogens with zero attached hydrogens (tertiary/aromatic N) is 1. The van der Waals surface area contributed by atoms with E-state index < -0.39 is 9.84 Å². The summed E-state index contributed by atoms with van der Waals surface area (Å²) in [6.45, 7) is 6.18. The molecule has 0 spiro atoms. The summed E-state index contributed by atoms with van der Waals surface area (Å²) in [6, 6.07) is 4.02. The predicted octanol–water partition coefficient (Wildman–Crippen LogP) is 1.67. The highest BCUT2D eigenvalue weighted by molar-refractivity contribution is 7.91. The number of hydrogen-bond acceptors (Lipinski definition) is 4. The van der Waals surface area contributed by atoms with E-state index in [1.807, 2.05) is 37.8 Å². The van der Waals surface area contributed by atoms with Crippen LogP contribution in [0.2, 0.25) is 0 Å². The van der Waals surface area contributed by atoms with Crippen molar-refractivity contribution in [3.8, 4) is 0 Å². The van der Waals surface area contributed by atoms with E-state index in [0.717, 1.165) is 16.8 Å². The molecule has 0 radical (unpaired) electrons. The van der Waals surface area contributed by atoms with Crippen LogP contribution in [0.15, 0.2) is 12.1 Å². The van der Waals surface area contributed by atoms with Crippen molar-refractivity contribution in [1.82, 2.24) is 4.90 Å².